The van der Waals surface area contributed by atoms with Gasteiger partial charge in [0.25, 0.3) is 5.91 Å². The normalized spacial score (nSPS) is 15.4. The highest BCUT2D eigenvalue weighted by atomic mass is 16.5. The Kier molecular flexibility index (Phi) is 8.53. The van der Waals surface area contributed by atoms with Gasteiger partial charge in [-0.25, -0.2) is 0 Å². The van der Waals surface area contributed by atoms with Crippen LogP contribution in [-0.2, 0) is 4.79 Å². The summed E-state index contributed by atoms with van der Waals surface area (Å²) in [6.45, 7) is 5.62. The number of ether oxygens (including phenoxy) is 2. The maximum Gasteiger partial charge on any atom is 0.290 e. The lowest BCUT2D eigenvalue weighted by molar-refractivity contribution is -0.129. The molecule has 8 heteroatoms. The maximum absolute atomic E-state index is 13.4. The van der Waals surface area contributed by atoms with Crippen molar-refractivity contribution in [3.8, 4) is 11.5 Å². The summed E-state index contributed by atoms with van der Waals surface area (Å²) in [5.41, 5.74) is 1.78. The fourth-order valence-corrected chi connectivity index (χ4v) is 4.49. The predicted molar refractivity (Wildman–Crippen MR) is 144 cm³/mol. The number of benzene rings is 2. The van der Waals surface area contributed by atoms with Crippen molar-refractivity contribution in [1.29, 1.82) is 0 Å². The number of rotatable bonds is 12. The summed E-state index contributed by atoms with van der Waals surface area (Å²) in [5.74, 6) is 0.519. The Morgan fingerprint density at radius 3 is 2.37 bits per heavy atom. The fraction of sp³-hybridized carbons (Fsp3) is 0.333. The van der Waals surface area contributed by atoms with Crippen LogP contribution in [0.5, 0.6) is 11.5 Å². The van der Waals surface area contributed by atoms with Crippen molar-refractivity contribution in [2.45, 2.75) is 26.3 Å². The number of ketones is 1. The molecule has 1 amide bonds. The number of carbonyl (C=O) groups is 2. The first-order valence-electron chi connectivity index (χ1n) is 12.7. The number of aliphatic hydroxyl groups excluding tert-OH is 1. The lowest BCUT2D eigenvalue weighted by Crippen LogP contribution is -2.33. The highest BCUT2D eigenvalue weighted by Gasteiger charge is 2.44. The second-order valence-corrected chi connectivity index (χ2v) is 9.59. The average molecular weight is 519 g/mol. The van der Waals surface area contributed by atoms with Crippen molar-refractivity contribution in [1.82, 2.24) is 9.80 Å². The van der Waals surface area contributed by atoms with Crippen LogP contribution in [0.25, 0.3) is 0 Å². The number of nitrogens with zero attached hydrogens (tertiary/aromatic N) is 2. The van der Waals surface area contributed by atoms with Gasteiger partial charge in [0.1, 0.15) is 30.5 Å². The molecule has 8 nitrogen and oxygen atoms in total. The van der Waals surface area contributed by atoms with Crippen molar-refractivity contribution >= 4 is 11.7 Å². The first kappa shape index (κ1) is 27.0. The van der Waals surface area contributed by atoms with Crippen LogP contribution in [0.3, 0.4) is 0 Å². The number of amides is 1. The van der Waals surface area contributed by atoms with Crippen LogP contribution in [0.4, 0.5) is 0 Å². The molecule has 38 heavy (non-hydrogen) atoms. The first-order valence-corrected chi connectivity index (χ1v) is 12.7. The van der Waals surface area contributed by atoms with E-state index in [1.807, 2.05) is 62.3 Å². The smallest absolute Gasteiger partial charge is 0.290 e. The van der Waals surface area contributed by atoms with Crippen LogP contribution in [-0.4, -0.2) is 67.0 Å². The molecule has 0 unspecified atom stereocenters. The summed E-state index contributed by atoms with van der Waals surface area (Å²) in [5, 5.41) is 10.8. The quantitative estimate of drug-likeness (QED) is 0.270. The molecular formula is C30H34N2O6. The van der Waals surface area contributed by atoms with Gasteiger partial charge in [0.15, 0.2) is 11.5 Å². The predicted octanol–water partition coefficient (Wildman–Crippen LogP) is 4.88. The number of furan rings is 1. The van der Waals surface area contributed by atoms with Crippen LogP contribution in [0.15, 0.2) is 76.4 Å². The van der Waals surface area contributed by atoms with Crippen LogP contribution in [0.1, 0.15) is 39.9 Å². The molecule has 0 spiro atoms. The van der Waals surface area contributed by atoms with E-state index in [4.69, 9.17) is 13.9 Å². The van der Waals surface area contributed by atoms with Gasteiger partial charge in [-0.05, 0) is 82.4 Å². The zero-order chi connectivity index (χ0) is 27.2. The number of hydrogen-bond acceptors (Lipinski definition) is 7. The average Bonchev–Trinajstić information content (AvgIpc) is 3.44. The Balaban J connectivity index is 1.50. The fourth-order valence-electron chi connectivity index (χ4n) is 4.49. The Morgan fingerprint density at radius 1 is 1.00 bits per heavy atom. The van der Waals surface area contributed by atoms with Crippen molar-refractivity contribution < 1.29 is 28.6 Å². The third-order valence-corrected chi connectivity index (χ3v) is 6.42. The van der Waals surface area contributed by atoms with E-state index in [-0.39, 0.29) is 11.3 Å². The molecule has 0 fully saturated rings. The van der Waals surface area contributed by atoms with Gasteiger partial charge >= 0.3 is 0 Å². The van der Waals surface area contributed by atoms with Gasteiger partial charge < -0.3 is 28.8 Å². The molecule has 4 rings (SSSR count). The Morgan fingerprint density at radius 2 is 1.71 bits per heavy atom. The zero-order valence-corrected chi connectivity index (χ0v) is 22.3. The van der Waals surface area contributed by atoms with Crippen molar-refractivity contribution in [2.75, 3.05) is 40.4 Å². The Hall–Kier alpha value is -4.04. The van der Waals surface area contributed by atoms with Crippen molar-refractivity contribution in [3.05, 3.63) is 94.6 Å². The molecule has 3 aromatic rings. The summed E-state index contributed by atoms with van der Waals surface area (Å²) in [6.07, 6.45) is 0.686. The molecule has 1 N–H and O–H groups in total. The van der Waals surface area contributed by atoms with Crippen LogP contribution >= 0.6 is 0 Å². The SMILES string of the molecule is Cc1ccc(C(=O)C2=C(O)C(=O)N(CCCN(C)C)[C@@H]2c2ccc(OCCOc3ccccc3C)cc2)o1. The molecule has 1 aliphatic heterocycles. The summed E-state index contributed by atoms with van der Waals surface area (Å²) in [4.78, 5) is 30.0. The van der Waals surface area contributed by atoms with E-state index >= 15 is 0 Å². The highest BCUT2D eigenvalue weighted by molar-refractivity contribution is 6.15. The minimum absolute atomic E-state index is 0.0227. The summed E-state index contributed by atoms with van der Waals surface area (Å²) >= 11 is 0. The Bertz CT molecular complexity index is 1310. The largest absolute Gasteiger partial charge is 0.503 e. The first-order chi connectivity index (χ1) is 18.3. The number of hydrogen-bond donors (Lipinski definition) is 1. The third kappa shape index (κ3) is 6.08. The van der Waals surface area contributed by atoms with E-state index in [0.717, 1.165) is 17.9 Å². The van der Waals surface area contributed by atoms with Crippen molar-refractivity contribution in [3.63, 3.8) is 0 Å². The molecule has 200 valence electrons. The lowest BCUT2D eigenvalue weighted by atomic mass is 9.95. The summed E-state index contributed by atoms with van der Waals surface area (Å²) in [6, 6.07) is 17.5. The number of para-hydroxylation sites is 1. The van der Waals surface area contributed by atoms with Gasteiger partial charge in [0, 0.05) is 6.54 Å². The minimum atomic E-state index is -0.735. The second kappa shape index (κ2) is 12.0. The summed E-state index contributed by atoms with van der Waals surface area (Å²) < 4.78 is 17.1. The molecule has 0 bridgehead atoms. The standard InChI is InChI=1S/C30H34N2O6/c1-20-8-5-6-9-24(20)37-19-18-36-23-13-11-22(12-14-23)27-26(28(33)25-15-10-21(2)38-25)29(34)30(35)32(27)17-7-16-31(3)4/h5-6,8-15,27,34H,7,16-19H2,1-4H3/t27-/m1/s1. The van der Waals surface area contributed by atoms with Gasteiger partial charge in [-0.15, -0.1) is 0 Å². The maximum atomic E-state index is 13.4. The zero-order valence-electron chi connectivity index (χ0n) is 22.3. The topological polar surface area (TPSA) is 92.5 Å². The molecule has 0 saturated heterocycles. The second-order valence-electron chi connectivity index (χ2n) is 9.59. The van der Waals surface area contributed by atoms with E-state index in [2.05, 4.69) is 0 Å². The number of Topliss-reactive ketones (excluding diaryl/α,β-unsaturated/α-hetero) is 1. The molecule has 2 heterocycles. The van der Waals surface area contributed by atoms with E-state index < -0.39 is 23.5 Å². The Labute approximate surface area is 223 Å². The lowest BCUT2D eigenvalue weighted by Gasteiger charge is -2.27. The van der Waals surface area contributed by atoms with Gasteiger partial charge in [0.2, 0.25) is 5.78 Å². The van der Waals surface area contributed by atoms with Crippen LogP contribution < -0.4 is 9.47 Å². The monoisotopic (exact) mass is 518 g/mol. The van der Waals surface area contributed by atoms with Gasteiger partial charge in [-0.1, -0.05) is 30.3 Å². The summed E-state index contributed by atoms with van der Waals surface area (Å²) in [7, 11) is 3.91. The molecule has 0 saturated carbocycles. The van der Waals surface area contributed by atoms with Gasteiger partial charge in [-0.2, -0.15) is 0 Å². The minimum Gasteiger partial charge on any atom is -0.503 e. The van der Waals surface area contributed by atoms with Crippen molar-refractivity contribution in [2.24, 2.45) is 0 Å². The molecule has 1 aromatic heterocycles. The molecule has 1 aliphatic rings. The molecular weight excluding hydrogens is 484 g/mol. The van der Waals surface area contributed by atoms with Crippen LogP contribution in [0, 0.1) is 13.8 Å². The number of aliphatic hydroxyl groups is 1. The van der Waals surface area contributed by atoms with E-state index in [0.29, 0.717) is 43.3 Å². The molecule has 0 aliphatic carbocycles. The van der Waals surface area contributed by atoms with Crippen LogP contribution in [0.2, 0.25) is 0 Å². The van der Waals surface area contributed by atoms with E-state index in [1.54, 1.807) is 36.1 Å². The number of aryl methyl sites for hydroxylation is 2. The highest BCUT2D eigenvalue weighted by Crippen LogP contribution is 2.39. The molecule has 1 atom stereocenters. The number of carbonyl (C=O) groups excluding carboxylic acids is 2. The molecule has 2 aromatic carbocycles. The van der Waals surface area contributed by atoms with E-state index in [9.17, 15) is 14.7 Å². The van der Waals surface area contributed by atoms with Gasteiger partial charge in [0.05, 0.1) is 11.6 Å². The molecule has 0 radical (unpaired) electrons. The third-order valence-electron chi connectivity index (χ3n) is 6.42. The van der Waals surface area contributed by atoms with Gasteiger partial charge in [-0.3, -0.25) is 9.59 Å². The van der Waals surface area contributed by atoms with E-state index in [1.165, 1.54) is 0 Å².